The molecular weight excluding hydrogens is 310 g/mol. The second-order valence-electron chi connectivity index (χ2n) is 8.11. The van der Waals surface area contributed by atoms with Gasteiger partial charge in [0.05, 0.1) is 6.10 Å². The Labute approximate surface area is 153 Å². The molecular formula is C21H35N3O. The third-order valence-electron chi connectivity index (χ3n) is 4.87. The van der Waals surface area contributed by atoms with Crippen molar-refractivity contribution in [3.8, 4) is 0 Å². The van der Waals surface area contributed by atoms with Gasteiger partial charge in [0, 0.05) is 19.1 Å². The van der Waals surface area contributed by atoms with Gasteiger partial charge >= 0.3 is 0 Å². The monoisotopic (exact) mass is 345 g/mol. The summed E-state index contributed by atoms with van der Waals surface area (Å²) in [6, 6.07) is 9.33. The predicted molar refractivity (Wildman–Crippen MR) is 106 cm³/mol. The molecule has 0 aliphatic heterocycles. The van der Waals surface area contributed by atoms with Crippen molar-refractivity contribution in [2.45, 2.75) is 77.4 Å². The van der Waals surface area contributed by atoms with Crippen molar-refractivity contribution in [2.75, 3.05) is 13.1 Å². The van der Waals surface area contributed by atoms with Crippen molar-refractivity contribution < 1.29 is 5.11 Å². The van der Waals surface area contributed by atoms with Crippen molar-refractivity contribution in [1.82, 2.24) is 10.6 Å². The topological polar surface area (TPSA) is 56.7 Å². The zero-order valence-corrected chi connectivity index (χ0v) is 16.3. The molecule has 0 bridgehead atoms. The Balaban J connectivity index is 1.86. The smallest absolute Gasteiger partial charge is 0.191 e. The van der Waals surface area contributed by atoms with E-state index in [-0.39, 0.29) is 11.5 Å². The molecule has 0 spiro atoms. The van der Waals surface area contributed by atoms with E-state index >= 15 is 0 Å². The van der Waals surface area contributed by atoms with Crippen LogP contribution in [0.3, 0.4) is 0 Å². The molecule has 0 amide bonds. The Bertz CT molecular complexity index is 537. The molecule has 0 unspecified atom stereocenters. The van der Waals surface area contributed by atoms with Gasteiger partial charge in [0.15, 0.2) is 5.96 Å². The molecule has 140 valence electrons. The molecule has 1 saturated carbocycles. The van der Waals surface area contributed by atoms with Crippen LogP contribution in [0.2, 0.25) is 0 Å². The highest BCUT2D eigenvalue weighted by molar-refractivity contribution is 5.80. The summed E-state index contributed by atoms with van der Waals surface area (Å²) in [6.45, 7) is 10.5. The quantitative estimate of drug-likeness (QED) is 0.566. The summed E-state index contributed by atoms with van der Waals surface area (Å²) < 4.78 is 0. The van der Waals surface area contributed by atoms with Crippen molar-refractivity contribution in [2.24, 2.45) is 4.99 Å². The number of hydrogen-bond acceptors (Lipinski definition) is 2. The molecule has 1 fully saturated rings. The minimum atomic E-state index is -0.117. The number of aliphatic hydroxyl groups is 1. The van der Waals surface area contributed by atoms with Crippen LogP contribution >= 0.6 is 0 Å². The lowest BCUT2D eigenvalue weighted by Crippen LogP contribution is -2.45. The molecule has 25 heavy (non-hydrogen) atoms. The van der Waals surface area contributed by atoms with E-state index in [2.05, 4.69) is 62.6 Å². The summed E-state index contributed by atoms with van der Waals surface area (Å²) >= 11 is 0. The fourth-order valence-corrected chi connectivity index (χ4v) is 3.20. The van der Waals surface area contributed by atoms with Gasteiger partial charge in [-0.2, -0.15) is 0 Å². The maximum atomic E-state index is 9.63. The third-order valence-corrected chi connectivity index (χ3v) is 4.87. The number of rotatable bonds is 5. The normalized spacial score (nSPS) is 21.9. The predicted octanol–water partition coefficient (Wildman–Crippen LogP) is 3.39. The first-order valence-electron chi connectivity index (χ1n) is 9.71. The van der Waals surface area contributed by atoms with Crippen molar-refractivity contribution in [1.29, 1.82) is 0 Å². The number of aliphatic hydroxyl groups excluding tert-OH is 1. The van der Waals surface area contributed by atoms with Gasteiger partial charge in [0.1, 0.15) is 0 Å². The Hall–Kier alpha value is -1.55. The summed E-state index contributed by atoms with van der Waals surface area (Å²) in [4.78, 5) is 4.72. The molecule has 1 aliphatic carbocycles. The van der Waals surface area contributed by atoms with Crippen LogP contribution < -0.4 is 10.6 Å². The first kappa shape index (κ1) is 19.8. The fourth-order valence-electron chi connectivity index (χ4n) is 3.20. The third kappa shape index (κ3) is 6.69. The Morgan fingerprint density at radius 2 is 1.76 bits per heavy atom. The molecule has 1 aromatic carbocycles. The second kappa shape index (κ2) is 9.23. The molecule has 0 radical (unpaired) electrons. The Morgan fingerprint density at radius 3 is 2.32 bits per heavy atom. The number of nitrogens with zero attached hydrogens (tertiary/aromatic N) is 1. The Morgan fingerprint density at radius 1 is 1.12 bits per heavy atom. The molecule has 3 N–H and O–H groups in total. The van der Waals surface area contributed by atoms with Gasteiger partial charge in [0.2, 0.25) is 0 Å². The van der Waals surface area contributed by atoms with Crippen LogP contribution in [-0.2, 0) is 11.8 Å². The molecule has 0 aromatic heterocycles. The van der Waals surface area contributed by atoms with E-state index in [0.717, 1.165) is 51.2 Å². The fraction of sp³-hybridized carbons (Fsp3) is 0.667. The van der Waals surface area contributed by atoms with E-state index in [1.807, 2.05) is 0 Å². The van der Waals surface area contributed by atoms with Gasteiger partial charge in [-0.05, 0) is 55.6 Å². The first-order chi connectivity index (χ1) is 11.9. The molecule has 1 aromatic rings. The average molecular weight is 346 g/mol. The number of benzene rings is 1. The summed E-state index contributed by atoms with van der Waals surface area (Å²) in [7, 11) is 0. The minimum Gasteiger partial charge on any atom is -0.393 e. The first-order valence-corrected chi connectivity index (χ1v) is 9.71. The van der Waals surface area contributed by atoms with Gasteiger partial charge in [-0.25, -0.2) is 0 Å². The maximum absolute atomic E-state index is 9.63. The largest absolute Gasteiger partial charge is 0.393 e. The number of guanidine groups is 1. The maximum Gasteiger partial charge on any atom is 0.191 e. The van der Waals surface area contributed by atoms with E-state index in [4.69, 9.17) is 4.99 Å². The van der Waals surface area contributed by atoms with Crippen LogP contribution in [0.25, 0.3) is 0 Å². The van der Waals surface area contributed by atoms with Crippen LogP contribution in [0.1, 0.15) is 64.5 Å². The summed E-state index contributed by atoms with van der Waals surface area (Å²) in [6.07, 6.45) is 4.63. The lowest BCUT2D eigenvalue weighted by atomic mass is 9.86. The molecule has 0 saturated heterocycles. The zero-order chi connectivity index (χ0) is 18.3. The highest BCUT2D eigenvalue weighted by Gasteiger charge is 2.19. The van der Waals surface area contributed by atoms with Gasteiger partial charge < -0.3 is 15.7 Å². The average Bonchev–Trinajstić information content (AvgIpc) is 2.57. The standard InChI is InChI=1S/C21H35N3O/c1-5-22-20(24-18-10-12-19(25)13-11-18)23-15-14-16-6-8-17(9-7-16)21(2,3)4/h6-9,18-19,25H,5,10-15H2,1-4H3,(H2,22,23,24). The van der Waals surface area contributed by atoms with Crippen molar-refractivity contribution in [3.05, 3.63) is 35.4 Å². The lowest BCUT2D eigenvalue weighted by Gasteiger charge is -2.27. The van der Waals surface area contributed by atoms with Crippen LogP contribution in [0, 0.1) is 0 Å². The van der Waals surface area contributed by atoms with Crippen LogP contribution in [0.5, 0.6) is 0 Å². The summed E-state index contributed by atoms with van der Waals surface area (Å²) in [5.41, 5.74) is 2.90. The molecule has 2 rings (SSSR count). The molecule has 0 heterocycles. The minimum absolute atomic E-state index is 0.117. The van der Waals surface area contributed by atoms with E-state index < -0.39 is 0 Å². The molecule has 4 nitrogen and oxygen atoms in total. The van der Waals surface area contributed by atoms with Gasteiger partial charge in [-0.1, -0.05) is 45.0 Å². The van der Waals surface area contributed by atoms with Gasteiger partial charge in [0.25, 0.3) is 0 Å². The van der Waals surface area contributed by atoms with E-state index in [0.29, 0.717) is 6.04 Å². The van der Waals surface area contributed by atoms with Gasteiger partial charge in [-0.15, -0.1) is 0 Å². The second-order valence-corrected chi connectivity index (χ2v) is 8.11. The molecule has 0 atom stereocenters. The van der Waals surface area contributed by atoms with E-state index in [1.54, 1.807) is 0 Å². The van der Waals surface area contributed by atoms with Crippen LogP contribution in [0.4, 0.5) is 0 Å². The van der Waals surface area contributed by atoms with Crippen molar-refractivity contribution >= 4 is 5.96 Å². The SMILES string of the molecule is CCNC(=NCCc1ccc(C(C)(C)C)cc1)NC1CCC(O)CC1. The lowest BCUT2D eigenvalue weighted by molar-refractivity contribution is 0.120. The van der Waals surface area contributed by atoms with E-state index in [9.17, 15) is 5.11 Å². The number of nitrogens with one attached hydrogen (secondary N) is 2. The van der Waals surface area contributed by atoms with E-state index in [1.165, 1.54) is 11.1 Å². The highest BCUT2D eigenvalue weighted by atomic mass is 16.3. The summed E-state index contributed by atoms with van der Waals surface area (Å²) in [5, 5.41) is 16.5. The van der Waals surface area contributed by atoms with Gasteiger partial charge in [-0.3, -0.25) is 4.99 Å². The zero-order valence-electron chi connectivity index (χ0n) is 16.3. The van der Waals surface area contributed by atoms with Crippen LogP contribution in [0.15, 0.2) is 29.3 Å². The Kier molecular flexibility index (Phi) is 7.30. The van der Waals surface area contributed by atoms with Crippen LogP contribution in [-0.4, -0.2) is 36.3 Å². The summed E-state index contributed by atoms with van der Waals surface area (Å²) in [5.74, 6) is 0.898. The molecule has 4 heteroatoms. The number of aliphatic imine (C=N–C) groups is 1. The molecule has 1 aliphatic rings. The van der Waals surface area contributed by atoms with Crippen molar-refractivity contribution in [3.63, 3.8) is 0 Å². The highest BCUT2D eigenvalue weighted by Crippen LogP contribution is 2.22. The number of hydrogen-bond donors (Lipinski definition) is 3.